The van der Waals surface area contributed by atoms with Crippen LogP contribution < -0.4 is 10.5 Å². The average molecular weight is 345 g/mol. The summed E-state index contributed by atoms with van der Waals surface area (Å²) < 4.78 is 40.5. The van der Waals surface area contributed by atoms with E-state index in [9.17, 15) is 12.8 Å². The fourth-order valence-corrected chi connectivity index (χ4v) is 3.03. The number of para-hydroxylation sites is 1. The van der Waals surface area contributed by atoms with E-state index in [0.717, 1.165) is 0 Å². The Balaban J connectivity index is 2.40. The van der Waals surface area contributed by atoms with Crippen molar-refractivity contribution in [2.45, 2.75) is 4.90 Å². The summed E-state index contributed by atoms with van der Waals surface area (Å²) in [6, 6.07) is 10.0. The van der Waals surface area contributed by atoms with E-state index in [1.54, 1.807) is 12.1 Å². The first-order valence-electron chi connectivity index (χ1n) is 5.22. The van der Waals surface area contributed by atoms with Gasteiger partial charge in [-0.15, -0.1) is 0 Å². The Kier molecular flexibility index (Phi) is 3.77. The Bertz CT molecular complexity index is 719. The number of hydrogen-bond acceptors (Lipinski definition) is 3. The monoisotopic (exact) mass is 344 g/mol. The van der Waals surface area contributed by atoms with Gasteiger partial charge in [0.25, 0.3) is 10.0 Å². The van der Waals surface area contributed by atoms with Gasteiger partial charge >= 0.3 is 0 Å². The fourth-order valence-electron chi connectivity index (χ4n) is 1.50. The maximum absolute atomic E-state index is 13.6. The SMILES string of the molecule is Nc1ccccc1S(=O)(=O)Nc1ccc(Br)cc1F. The maximum Gasteiger partial charge on any atom is 0.264 e. The van der Waals surface area contributed by atoms with E-state index < -0.39 is 15.8 Å². The lowest BCUT2D eigenvalue weighted by atomic mass is 10.3. The third-order valence-electron chi connectivity index (χ3n) is 2.38. The first kappa shape index (κ1) is 13.8. The first-order valence-corrected chi connectivity index (χ1v) is 7.50. The van der Waals surface area contributed by atoms with Gasteiger partial charge in [0.05, 0.1) is 11.4 Å². The fraction of sp³-hybridized carbons (Fsp3) is 0. The number of halogens is 2. The topological polar surface area (TPSA) is 72.2 Å². The molecule has 0 aliphatic heterocycles. The van der Waals surface area contributed by atoms with Crippen molar-refractivity contribution in [3.8, 4) is 0 Å². The lowest BCUT2D eigenvalue weighted by Crippen LogP contribution is -2.15. The van der Waals surface area contributed by atoms with Crippen LogP contribution in [-0.2, 0) is 10.0 Å². The minimum Gasteiger partial charge on any atom is -0.398 e. The second-order valence-corrected chi connectivity index (χ2v) is 6.33. The van der Waals surface area contributed by atoms with Crippen molar-refractivity contribution in [3.05, 3.63) is 52.8 Å². The molecule has 0 amide bonds. The molecule has 0 aliphatic rings. The van der Waals surface area contributed by atoms with Crippen molar-refractivity contribution in [2.75, 3.05) is 10.5 Å². The quantitative estimate of drug-likeness (QED) is 0.840. The van der Waals surface area contributed by atoms with Crippen LogP contribution in [0.3, 0.4) is 0 Å². The summed E-state index contributed by atoms with van der Waals surface area (Å²) in [5.74, 6) is -0.674. The van der Waals surface area contributed by atoms with Gasteiger partial charge in [-0.2, -0.15) is 0 Å². The molecular formula is C12H10BrFN2O2S. The van der Waals surface area contributed by atoms with Gasteiger partial charge in [-0.3, -0.25) is 4.72 Å². The zero-order valence-corrected chi connectivity index (χ0v) is 12.0. The van der Waals surface area contributed by atoms with Crippen molar-refractivity contribution in [2.24, 2.45) is 0 Å². The molecule has 0 aliphatic carbocycles. The molecule has 19 heavy (non-hydrogen) atoms. The Morgan fingerprint density at radius 1 is 1.16 bits per heavy atom. The molecule has 0 atom stereocenters. The highest BCUT2D eigenvalue weighted by Crippen LogP contribution is 2.24. The smallest absolute Gasteiger partial charge is 0.264 e. The summed E-state index contributed by atoms with van der Waals surface area (Å²) >= 11 is 3.10. The maximum atomic E-state index is 13.6. The highest BCUT2D eigenvalue weighted by atomic mass is 79.9. The third kappa shape index (κ3) is 3.05. The van der Waals surface area contributed by atoms with E-state index in [1.807, 2.05) is 0 Å². The van der Waals surface area contributed by atoms with Gasteiger partial charge in [-0.25, -0.2) is 12.8 Å². The first-order chi connectivity index (χ1) is 8.90. The number of hydrogen-bond donors (Lipinski definition) is 2. The number of rotatable bonds is 3. The van der Waals surface area contributed by atoms with Crippen LogP contribution in [0.1, 0.15) is 0 Å². The van der Waals surface area contributed by atoms with Gasteiger partial charge in [0.2, 0.25) is 0 Å². The summed E-state index contributed by atoms with van der Waals surface area (Å²) in [4.78, 5) is -0.0858. The number of anilines is 2. The predicted octanol–water partition coefficient (Wildman–Crippen LogP) is 2.97. The number of nitrogens with one attached hydrogen (secondary N) is 1. The van der Waals surface area contributed by atoms with Gasteiger partial charge in [0.1, 0.15) is 10.7 Å². The number of sulfonamides is 1. The Hall–Kier alpha value is -1.60. The molecule has 0 unspecified atom stereocenters. The Morgan fingerprint density at radius 3 is 2.47 bits per heavy atom. The van der Waals surface area contributed by atoms with Gasteiger partial charge in [0, 0.05) is 4.47 Å². The average Bonchev–Trinajstić information content (AvgIpc) is 2.33. The summed E-state index contributed by atoms with van der Waals surface area (Å²) in [6.07, 6.45) is 0. The molecule has 2 aromatic rings. The van der Waals surface area contributed by atoms with Crippen LogP contribution in [0.25, 0.3) is 0 Å². The van der Waals surface area contributed by atoms with Crippen LogP contribution in [0, 0.1) is 5.82 Å². The zero-order valence-electron chi connectivity index (χ0n) is 9.60. The lowest BCUT2D eigenvalue weighted by molar-refractivity contribution is 0.599. The second-order valence-electron chi connectivity index (χ2n) is 3.77. The molecule has 0 saturated carbocycles. The molecule has 0 saturated heterocycles. The molecule has 4 nitrogen and oxygen atoms in total. The standard InChI is InChI=1S/C12H10BrFN2O2S/c13-8-5-6-11(9(14)7-8)16-19(17,18)12-4-2-1-3-10(12)15/h1-7,16H,15H2. The van der Waals surface area contributed by atoms with E-state index in [2.05, 4.69) is 20.7 Å². The molecular weight excluding hydrogens is 335 g/mol. The van der Waals surface area contributed by atoms with Crippen molar-refractivity contribution >= 4 is 37.3 Å². The van der Waals surface area contributed by atoms with Crippen LogP contribution >= 0.6 is 15.9 Å². The van der Waals surface area contributed by atoms with Gasteiger partial charge < -0.3 is 5.73 Å². The van der Waals surface area contributed by atoms with Gasteiger partial charge in [-0.1, -0.05) is 28.1 Å². The van der Waals surface area contributed by atoms with Crippen molar-refractivity contribution in [1.29, 1.82) is 0 Å². The van der Waals surface area contributed by atoms with E-state index >= 15 is 0 Å². The highest BCUT2D eigenvalue weighted by Gasteiger charge is 2.18. The Labute approximate surface area is 118 Å². The van der Waals surface area contributed by atoms with Crippen LogP contribution in [0.5, 0.6) is 0 Å². The van der Waals surface area contributed by atoms with Gasteiger partial charge in [0.15, 0.2) is 0 Å². The third-order valence-corrected chi connectivity index (χ3v) is 4.32. The lowest BCUT2D eigenvalue weighted by Gasteiger charge is -2.10. The number of benzene rings is 2. The molecule has 0 heterocycles. The van der Waals surface area contributed by atoms with Gasteiger partial charge in [-0.05, 0) is 30.3 Å². The molecule has 0 radical (unpaired) electrons. The summed E-state index contributed by atoms with van der Waals surface area (Å²) in [7, 11) is -3.91. The molecule has 0 aromatic heterocycles. The molecule has 2 aromatic carbocycles. The van der Waals surface area contributed by atoms with Crippen LogP contribution in [0.2, 0.25) is 0 Å². The second kappa shape index (κ2) is 5.18. The molecule has 2 rings (SSSR count). The minimum atomic E-state index is -3.91. The van der Waals surface area contributed by atoms with E-state index in [1.165, 1.54) is 30.3 Å². The Morgan fingerprint density at radius 2 is 1.84 bits per heavy atom. The largest absolute Gasteiger partial charge is 0.398 e. The van der Waals surface area contributed by atoms with Crippen LogP contribution in [-0.4, -0.2) is 8.42 Å². The molecule has 7 heteroatoms. The van der Waals surface area contributed by atoms with Crippen LogP contribution in [0.4, 0.5) is 15.8 Å². The molecule has 0 spiro atoms. The van der Waals surface area contributed by atoms with Crippen molar-refractivity contribution < 1.29 is 12.8 Å². The molecule has 100 valence electrons. The zero-order chi connectivity index (χ0) is 14.0. The van der Waals surface area contributed by atoms with E-state index in [4.69, 9.17) is 5.73 Å². The summed E-state index contributed by atoms with van der Waals surface area (Å²) in [6.45, 7) is 0. The molecule has 0 fully saturated rings. The van der Waals surface area contributed by atoms with E-state index in [-0.39, 0.29) is 16.3 Å². The number of nitrogen functional groups attached to an aromatic ring is 1. The van der Waals surface area contributed by atoms with Crippen molar-refractivity contribution in [1.82, 2.24) is 0 Å². The van der Waals surface area contributed by atoms with Crippen LogP contribution in [0.15, 0.2) is 51.8 Å². The highest BCUT2D eigenvalue weighted by molar-refractivity contribution is 9.10. The summed E-state index contributed by atoms with van der Waals surface area (Å²) in [5, 5.41) is 0. The molecule has 3 N–H and O–H groups in total. The van der Waals surface area contributed by atoms with E-state index in [0.29, 0.717) is 4.47 Å². The normalized spacial score (nSPS) is 11.3. The minimum absolute atomic E-state index is 0.0858. The number of nitrogens with two attached hydrogens (primary N) is 1. The summed E-state index contributed by atoms with van der Waals surface area (Å²) in [5.41, 5.74) is 5.57. The van der Waals surface area contributed by atoms with Crippen molar-refractivity contribution in [3.63, 3.8) is 0 Å². The molecule has 0 bridgehead atoms. The predicted molar refractivity (Wildman–Crippen MR) is 75.8 cm³/mol.